The molecule has 0 saturated heterocycles. The lowest BCUT2D eigenvalue weighted by Crippen LogP contribution is -2.16. The van der Waals surface area contributed by atoms with Crippen molar-refractivity contribution in [3.8, 4) is 5.69 Å². The Morgan fingerprint density at radius 2 is 2.08 bits per heavy atom. The maximum absolute atomic E-state index is 12.9. The molecule has 0 fully saturated rings. The number of nitrogens with one attached hydrogen (secondary N) is 1. The van der Waals surface area contributed by atoms with Crippen LogP contribution in [0.2, 0.25) is 5.02 Å². The third-order valence-electron chi connectivity index (χ3n) is 3.24. The Bertz CT molecular complexity index is 888. The number of anilines is 1. The molecule has 0 aliphatic heterocycles. The van der Waals surface area contributed by atoms with Crippen LogP contribution in [0, 0.1) is 19.7 Å². The molecule has 0 aliphatic carbocycles. The number of nitrogens with zero attached hydrogens (tertiary/aromatic N) is 4. The molecule has 3 aromatic heterocycles. The molecule has 3 rings (SSSR count). The largest absolute Gasteiger partial charge is 0.305 e. The van der Waals surface area contributed by atoms with Crippen LogP contribution in [0.15, 0.2) is 36.7 Å². The Balaban J connectivity index is 1.90. The minimum atomic E-state index is -0.477. The zero-order valence-corrected chi connectivity index (χ0v) is 13.7. The van der Waals surface area contributed by atoms with Gasteiger partial charge in [-0.05, 0) is 38.1 Å². The molecule has 1 amide bonds. The Morgan fingerprint density at radius 3 is 2.71 bits per heavy atom. The van der Waals surface area contributed by atoms with Crippen molar-refractivity contribution >= 4 is 23.3 Å². The lowest BCUT2D eigenvalue weighted by Gasteiger charge is -2.08. The Kier molecular flexibility index (Phi) is 4.26. The fraction of sp³-hybridized carbons (Fsp3) is 0.125. The summed E-state index contributed by atoms with van der Waals surface area (Å²) in [5.74, 6) is -0.687. The molecule has 1 N–H and O–H groups in total. The Labute approximate surface area is 142 Å². The van der Waals surface area contributed by atoms with E-state index in [1.54, 1.807) is 36.9 Å². The molecular weight excluding hydrogens is 333 g/mol. The van der Waals surface area contributed by atoms with E-state index in [-0.39, 0.29) is 11.5 Å². The summed E-state index contributed by atoms with van der Waals surface area (Å²) < 4.78 is 14.4. The van der Waals surface area contributed by atoms with Crippen LogP contribution in [0.25, 0.3) is 5.69 Å². The normalized spacial score (nSPS) is 10.7. The monoisotopic (exact) mass is 345 g/mol. The molecule has 3 heterocycles. The van der Waals surface area contributed by atoms with Gasteiger partial charge in [0.15, 0.2) is 0 Å². The average molecular weight is 346 g/mol. The summed E-state index contributed by atoms with van der Waals surface area (Å²) in [5, 5.41) is 7.39. The molecule has 0 aliphatic rings. The minimum absolute atomic E-state index is 0.195. The average Bonchev–Trinajstić information content (AvgIpc) is 2.88. The van der Waals surface area contributed by atoms with Gasteiger partial charge < -0.3 is 5.32 Å². The summed E-state index contributed by atoms with van der Waals surface area (Å²) in [7, 11) is 0. The van der Waals surface area contributed by atoms with Crippen molar-refractivity contribution in [3.05, 3.63) is 64.6 Å². The van der Waals surface area contributed by atoms with Gasteiger partial charge >= 0.3 is 0 Å². The van der Waals surface area contributed by atoms with Crippen LogP contribution in [-0.4, -0.2) is 25.7 Å². The third kappa shape index (κ3) is 3.41. The van der Waals surface area contributed by atoms with Crippen LogP contribution < -0.4 is 5.32 Å². The summed E-state index contributed by atoms with van der Waals surface area (Å²) in [6.07, 6.45) is 2.69. The van der Waals surface area contributed by atoms with E-state index in [4.69, 9.17) is 11.6 Å². The van der Waals surface area contributed by atoms with Crippen LogP contribution in [-0.2, 0) is 0 Å². The van der Waals surface area contributed by atoms with Crippen molar-refractivity contribution in [2.75, 3.05) is 5.32 Å². The molecule has 122 valence electrons. The number of hydrogen-bond donors (Lipinski definition) is 1. The first-order chi connectivity index (χ1) is 11.4. The molecule has 3 aromatic rings. The summed E-state index contributed by atoms with van der Waals surface area (Å²) in [5.41, 5.74) is 2.19. The number of amides is 1. The van der Waals surface area contributed by atoms with E-state index in [1.165, 1.54) is 12.1 Å². The molecule has 0 radical (unpaired) electrons. The van der Waals surface area contributed by atoms with Crippen molar-refractivity contribution in [2.45, 2.75) is 13.8 Å². The SMILES string of the molecule is Cc1cc(-n2cc(Cl)c(C)n2)cc(C(=O)Nc2ccc(F)cn2)n1. The highest BCUT2D eigenvalue weighted by molar-refractivity contribution is 6.31. The van der Waals surface area contributed by atoms with Gasteiger partial charge in [0, 0.05) is 11.9 Å². The van der Waals surface area contributed by atoms with Crippen molar-refractivity contribution in [2.24, 2.45) is 0 Å². The second-order valence-corrected chi connectivity index (χ2v) is 5.58. The predicted molar refractivity (Wildman–Crippen MR) is 88.0 cm³/mol. The number of halogens is 2. The van der Waals surface area contributed by atoms with Crippen molar-refractivity contribution in [3.63, 3.8) is 0 Å². The maximum Gasteiger partial charge on any atom is 0.275 e. The van der Waals surface area contributed by atoms with Gasteiger partial charge in [0.2, 0.25) is 0 Å². The van der Waals surface area contributed by atoms with Gasteiger partial charge in [-0.15, -0.1) is 0 Å². The molecule has 8 heteroatoms. The molecule has 0 aromatic carbocycles. The molecule has 6 nitrogen and oxygen atoms in total. The second kappa shape index (κ2) is 6.37. The van der Waals surface area contributed by atoms with Crippen molar-refractivity contribution < 1.29 is 9.18 Å². The van der Waals surface area contributed by atoms with E-state index >= 15 is 0 Å². The standard InChI is InChI=1S/C16H13ClFN5O/c1-9-5-12(23-8-13(17)10(2)22-23)6-14(20-9)16(24)21-15-4-3-11(18)7-19-15/h3-8H,1-2H3,(H,19,21,24). The van der Waals surface area contributed by atoms with E-state index in [2.05, 4.69) is 20.4 Å². The van der Waals surface area contributed by atoms with Crippen LogP contribution in [0.4, 0.5) is 10.2 Å². The predicted octanol–water partition coefficient (Wildman–Crippen LogP) is 3.32. The fourth-order valence-corrected chi connectivity index (χ4v) is 2.23. The van der Waals surface area contributed by atoms with Crippen molar-refractivity contribution in [1.29, 1.82) is 0 Å². The highest BCUT2D eigenvalue weighted by atomic mass is 35.5. The number of aromatic nitrogens is 4. The molecule has 0 atom stereocenters. The van der Waals surface area contributed by atoms with E-state index in [0.29, 0.717) is 22.1 Å². The molecule has 0 spiro atoms. The summed E-state index contributed by atoms with van der Waals surface area (Å²) >= 11 is 6.02. The molecule has 0 unspecified atom stereocenters. The van der Waals surface area contributed by atoms with Gasteiger partial charge in [-0.3, -0.25) is 4.79 Å². The second-order valence-electron chi connectivity index (χ2n) is 5.17. The third-order valence-corrected chi connectivity index (χ3v) is 3.61. The molecule has 0 saturated carbocycles. The molecular formula is C16H13ClFN5O. The Morgan fingerprint density at radius 1 is 1.29 bits per heavy atom. The van der Waals surface area contributed by atoms with E-state index in [9.17, 15) is 9.18 Å². The summed E-state index contributed by atoms with van der Waals surface area (Å²) in [6, 6.07) is 5.97. The molecule has 24 heavy (non-hydrogen) atoms. The van der Waals surface area contributed by atoms with Crippen LogP contribution in [0.5, 0.6) is 0 Å². The first-order valence-electron chi connectivity index (χ1n) is 7.06. The van der Waals surface area contributed by atoms with Gasteiger partial charge in [0.1, 0.15) is 17.3 Å². The summed E-state index contributed by atoms with van der Waals surface area (Å²) in [4.78, 5) is 20.4. The lowest BCUT2D eigenvalue weighted by molar-refractivity contribution is 0.102. The zero-order valence-electron chi connectivity index (χ0n) is 12.9. The van der Waals surface area contributed by atoms with Gasteiger partial charge in [0.25, 0.3) is 5.91 Å². The zero-order chi connectivity index (χ0) is 17.3. The van der Waals surface area contributed by atoms with E-state index in [1.807, 2.05) is 0 Å². The maximum atomic E-state index is 12.9. The highest BCUT2D eigenvalue weighted by Crippen LogP contribution is 2.18. The smallest absolute Gasteiger partial charge is 0.275 e. The first-order valence-corrected chi connectivity index (χ1v) is 7.44. The number of aryl methyl sites for hydroxylation is 2. The van der Waals surface area contributed by atoms with Crippen LogP contribution >= 0.6 is 11.6 Å². The number of carbonyl (C=O) groups is 1. The van der Waals surface area contributed by atoms with Gasteiger partial charge in [0.05, 0.1) is 22.6 Å². The number of pyridine rings is 2. The first kappa shape index (κ1) is 16.1. The minimum Gasteiger partial charge on any atom is -0.305 e. The summed E-state index contributed by atoms with van der Waals surface area (Å²) in [6.45, 7) is 3.56. The highest BCUT2D eigenvalue weighted by Gasteiger charge is 2.13. The van der Waals surface area contributed by atoms with Gasteiger partial charge in [-0.25, -0.2) is 19.0 Å². The topological polar surface area (TPSA) is 72.7 Å². The fourth-order valence-electron chi connectivity index (χ4n) is 2.10. The van der Waals surface area contributed by atoms with Gasteiger partial charge in [-0.1, -0.05) is 11.6 Å². The number of carbonyl (C=O) groups excluding carboxylic acids is 1. The number of rotatable bonds is 3. The van der Waals surface area contributed by atoms with E-state index < -0.39 is 11.7 Å². The van der Waals surface area contributed by atoms with Gasteiger partial charge in [-0.2, -0.15) is 5.10 Å². The van der Waals surface area contributed by atoms with Crippen molar-refractivity contribution in [1.82, 2.24) is 19.7 Å². The van der Waals surface area contributed by atoms with Crippen LogP contribution in [0.3, 0.4) is 0 Å². The van der Waals surface area contributed by atoms with Crippen LogP contribution in [0.1, 0.15) is 21.9 Å². The lowest BCUT2D eigenvalue weighted by atomic mass is 10.2. The quantitative estimate of drug-likeness (QED) is 0.790. The molecule has 0 bridgehead atoms. The van der Waals surface area contributed by atoms with E-state index in [0.717, 1.165) is 6.20 Å². The number of hydrogen-bond acceptors (Lipinski definition) is 4. The Hall–Kier alpha value is -2.80.